The molecule has 0 fully saturated rings. The van der Waals surface area contributed by atoms with E-state index in [0.717, 1.165) is 88.8 Å². The number of nitrogens with zero attached hydrogens (tertiary/aromatic N) is 3. The highest BCUT2D eigenvalue weighted by Crippen LogP contribution is 2.41. The van der Waals surface area contributed by atoms with Gasteiger partial charge in [0.1, 0.15) is 22.3 Å². The highest BCUT2D eigenvalue weighted by atomic mass is 16.3. The zero-order valence-electron chi connectivity index (χ0n) is 30.6. The number of hydrogen-bond acceptors (Lipinski definition) is 4. The molecule has 12 rings (SSSR count). The summed E-state index contributed by atoms with van der Waals surface area (Å²) in [7, 11) is 0. The van der Waals surface area contributed by atoms with Crippen LogP contribution in [0.15, 0.2) is 197 Å². The summed E-state index contributed by atoms with van der Waals surface area (Å²) in [5, 5.41) is 6.70. The highest BCUT2D eigenvalue weighted by Gasteiger charge is 2.19. The number of fused-ring (bicyclic) bond motifs is 9. The van der Waals surface area contributed by atoms with E-state index in [1.165, 1.54) is 21.8 Å². The Bertz CT molecular complexity index is 3520. The normalized spacial score (nSPS) is 11.9. The molecule has 57 heavy (non-hydrogen) atoms. The molecule has 4 heterocycles. The summed E-state index contributed by atoms with van der Waals surface area (Å²) in [6, 6.07) is 65.5. The lowest BCUT2D eigenvalue weighted by Crippen LogP contribution is -1.96. The van der Waals surface area contributed by atoms with Gasteiger partial charge in [-0.25, -0.2) is 9.97 Å². The lowest BCUT2D eigenvalue weighted by Gasteiger charge is -2.11. The molecule has 0 atom stereocenters. The molecule has 0 aliphatic rings. The van der Waals surface area contributed by atoms with Crippen molar-refractivity contribution in [1.82, 2.24) is 14.5 Å². The van der Waals surface area contributed by atoms with Crippen molar-refractivity contribution >= 4 is 65.7 Å². The van der Waals surface area contributed by atoms with Gasteiger partial charge in [0, 0.05) is 54.7 Å². The monoisotopic (exact) mass is 729 g/mol. The summed E-state index contributed by atoms with van der Waals surface area (Å²) in [5.41, 5.74) is 13.6. The Labute approximate surface area is 326 Å². The van der Waals surface area contributed by atoms with E-state index in [0.29, 0.717) is 5.82 Å². The molecule has 0 saturated carbocycles. The third-order valence-electron chi connectivity index (χ3n) is 11.2. The first-order valence-electron chi connectivity index (χ1n) is 19.1. The van der Waals surface area contributed by atoms with Crippen LogP contribution < -0.4 is 0 Å². The van der Waals surface area contributed by atoms with Gasteiger partial charge in [0.15, 0.2) is 5.82 Å². The van der Waals surface area contributed by atoms with Crippen molar-refractivity contribution in [3.63, 3.8) is 0 Å². The van der Waals surface area contributed by atoms with Gasteiger partial charge in [-0.2, -0.15) is 0 Å². The smallest absolute Gasteiger partial charge is 0.160 e. The number of aromatic nitrogens is 3. The molecule has 8 aromatic carbocycles. The molecule has 266 valence electrons. The zero-order valence-corrected chi connectivity index (χ0v) is 30.6. The number of hydrogen-bond donors (Lipinski definition) is 0. The van der Waals surface area contributed by atoms with Crippen molar-refractivity contribution in [2.45, 2.75) is 0 Å². The van der Waals surface area contributed by atoms with Gasteiger partial charge < -0.3 is 13.4 Å². The number of para-hydroxylation sites is 3. The Kier molecular flexibility index (Phi) is 6.86. The first-order valence-corrected chi connectivity index (χ1v) is 19.1. The summed E-state index contributed by atoms with van der Waals surface area (Å²) in [4.78, 5) is 10.4. The molecule has 0 aliphatic heterocycles. The van der Waals surface area contributed by atoms with Crippen molar-refractivity contribution < 1.29 is 8.83 Å². The molecular weight excluding hydrogens is 699 g/mol. The van der Waals surface area contributed by atoms with Crippen LogP contribution in [0.25, 0.3) is 116 Å². The summed E-state index contributed by atoms with van der Waals surface area (Å²) >= 11 is 0. The van der Waals surface area contributed by atoms with Crippen LogP contribution in [0.5, 0.6) is 0 Å². The third-order valence-corrected chi connectivity index (χ3v) is 11.2. The third kappa shape index (κ3) is 5.03. The molecule has 12 aromatic rings. The van der Waals surface area contributed by atoms with Gasteiger partial charge in [0.05, 0.1) is 22.4 Å². The predicted octanol–water partition coefficient (Wildman–Crippen LogP) is 14.0. The average molecular weight is 730 g/mol. The molecule has 5 heteroatoms. The molecule has 0 saturated heterocycles. The predicted molar refractivity (Wildman–Crippen MR) is 233 cm³/mol. The van der Waals surface area contributed by atoms with Gasteiger partial charge in [-0.1, -0.05) is 121 Å². The minimum Gasteiger partial charge on any atom is -0.456 e. The Hall–Kier alpha value is -7.76. The topological polar surface area (TPSA) is 57.0 Å². The van der Waals surface area contributed by atoms with Crippen molar-refractivity contribution in [3.8, 4) is 50.7 Å². The molecular formula is C52H31N3O2. The van der Waals surface area contributed by atoms with Crippen LogP contribution in [0.3, 0.4) is 0 Å². The van der Waals surface area contributed by atoms with Crippen LogP contribution >= 0.6 is 0 Å². The van der Waals surface area contributed by atoms with Crippen LogP contribution in [-0.2, 0) is 0 Å². The van der Waals surface area contributed by atoms with E-state index in [4.69, 9.17) is 18.8 Å². The van der Waals surface area contributed by atoms with Crippen LogP contribution in [0.2, 0.25) is 0 Å². The molecule has 0 aliphatic carbocycles. The molecule has 4 aromatic heterocycles. The van der Waals surface area contributed by atoms with Crippen LogP contribution in [-0.4, -0.2) is 14.5 Å². The van der Waals surface area contributed by atoms with Crippen LogP contribution in [0.1, 0.15) is 0 Å². The van der Waals surface area contributed by atoms with Crippen molar-refractivity contribution in [1.29, 1.82) is 0 Å². The van der Waals surface area contributed by atoms with Gasteiger partial charge in [-0.05, 0) is 77.9 Å². The van der Waals surface area contributed by atoms with E-state index in [1.54, 1.807) is 0 Å². The molecule has 5 nitrogen and oxygen atoms in total. The summed E-state index contributed by atoms with van der Waals surface area (Å²) < 4.78 is 15.2. The molecule has 0 unspecified atom stereocenters. The minimum atomic E-state index is 0.653. The molecule has 0 bridgehead atoms. The largest absolute Gasteiger partial charge is 0.456 e. The van der Waals surface area contributed by atoms with E-state index in [1.807, 2.05) is 48.5 Å². The Morgan fingerprint density at radius 3 is 1.88 bits per heavy atom. The van der Waals surface area contributed by atoms with Crippen LogP contribution in [0, 0.1) is 0 Å². The summed E-state index contributed by atoms with van der Waals surface area (Å²) in [6.45, 7) is 0. The molecule has 0 N–H and O–H groups in total. The second-order valence-electron chi connectivity index (χ2n) is 14.5. The Balaban J connectivity index is 1.04. The lowest BCUT2D eigenvalue weighted by molar-refractivity contribution is 0.668. The SMILES string of the molecule is c1ccc(-c2nc(-c3ccc4c(c3)oc3ccccc34)cc(-c3cccc4oc5ccc(-c6ccc7c8ccccc8n(-c8ccccc8)c7c6)cc5c34)n2)cc1. The fraction of sp³-hybridized carbons (Fsp3) is 0. The molecule has 0 amide bonds. The van der Waals surface area contributed by atoms with E-state index >= 15 is 0 Å². The quantitative estimate of drug-likeness (QED) is 0.177. The fourth-order valence-corrected chi connectivity index (χ4v) is 8.56. The van der Waals surface area contributed by atoms with Crippen molar-refractivity contribution in [3.05, 3.63) is 188 Å². The van der Waals surface area contributed by atoms with Gasteiger partial charge in [-0.15, -0.1) is 0 Å². The molecule has 0 radical (unpaired) electrons. The average Bonchev–Trinajstić information content (AvgIpc) is 3.95. The minimum absolute atomic E-state index is 0.653. The van der Waals surface area contributed by atoms with Crippen molar-refractivity contribution in [2.75, 3.05) is 0 Å². The van der Waals surface area contributed by atoms with Gasteiger partial charge >= 0.3 is 0 Å². The number of benzene rings is 8. The van der Waals surface area contributed by atoms with Crippen LogP contribution in [0.4, 0.5) is 0 Å². The first kappa shape index (κ1) is 31.6. The fourth-order valence-electron chi connectivity index (χ4n) is 8.56. The molecule has 0 spiro atoms. The number of rotatable bonds is 5. The lowest BCUT2D eigenvalue weighted by atomic mass is 9.98. The summed E-state index contributed by atoms with van der Waals surface area (Å²) in [6.07, 6.45) is 0. The summed E-state index contributed by atoms with van der Waals surface area (Å²) in [5.74, 6) is 0.653. The maximum atomic E-state index is 6.54. The van der Waals surface area contributed by atoms with Gasteiger partial charge in [-0.3, -0.25) is 0 Å². The maximum absolute atomic E-state index is 6.54. The second-order valence-corrected chi connectivity index (χ2v) is 14.5. The Morgan fingerprint density at radius 2 is 0.982 bits per heavy atom. The van der Waals surface area contributed by atoms with Gasteiger partial charge in [0.2, 0.25) is 0 Å². The number of furan rings is 2. The van der Waals surface area contributed by atoms with E-state index < -0.39 is 0 Å². The standard InChI is InChI=1S/C52H31N3O2/c1-3-12-32(13-4-1)52-53-43(35-23-26-40-39-17-8-10-20-47(39)57-50(40)30-35)31-44(54-52)41-18-11-21-49-51(41)42-28-33(24-27-48(42)56-49)34-22-25-38-37-16-7-9-19-45(37)55(46(38)29-34)36-14-5-2-6-15-36/h1-31H. The highest BCUT2D eigenvalue weighted by molar-refractivity contribution is 6.14. The van der Waals surface area contributed by atoms with Crippen molar-refractivity contribution in [2.24, 2.45) is 0 Å². The zero-order chi connectivity index (χ0) is 37.5. The van der Waals surface area contributed by atoms with Gasteiger partial charge in [0.25, 0.3) is 0 Å². The maximum Gasteiger partial charge on any atom is 0.160 e. The van der Waals surface area contributed by atoms with E-state index in [9.17, 15) is 0 Å². The van der Waals surface area contributed by atoms with E-state index in [2.05, 4.69) is 144 Å². The first-order chi connectivity index (χ1) is 28.2. The second kappa shape index (κ2) is 12.4. The Morgan fingerprint density at radius 1 is 0.351 bits per heavy atom. The van der Waals surface area contributed by atoms with E-state index in [-0.39, 0.29) is 0 Å².